The summed E-state index contributed by atoms with van der Waals surface area (Å²) in [7, 11) is 0. The maximum atomic E-state index is 2.56. The molecule has 3 heterocycles. The Kier molecular flexibility index (Phi) is 6.18. The minimum absolute atomic E-state index is 0.814. The van der Waals surface area contributed by atoms with Crippen molar-refractivity contribution in [2.75, 3.05) is 0 Å². The fourth-order valence-corrected chi connectivity index (χ4v) is 9.28. The highest BCUT2D eigenvalue weighted by atomic mass is 15.0. The lowest BCUT2D eigenvalue weighted by molar-refractivity contribution is 0.818. The topological polar surface area (TPSA) is 19.7 Å². The van der Waals surface area contributed by atoms with Crippen molar-refractivity contribution < 1.29 is 0 Å². The van der Waals surface area contributed by atoms with Crippen molar-refractivity contribution in [3.8, 4) is 11.4 Å². The van der Waals surface area contributed by atoms with Gasteiger partial charge in [0.15, 0.2) is 0 Å². The highest BCUT2D eigenvalue weighted by Gasteiger charge is 2.23. The Morgan fingerprint density at radius 2 is 0.692 bits per heavy atom. The van der Waals surface area contributed by atoms with E-state index in [1.807, 2.05) is 0 Å². The van der Waals surface area contributed by atoms with Crippen molar-refractivity contribution in [3.05, 3.63) is 158 Å². The van der Waals surface area contributed by atoms with Crippen molar-refractivity contribution in [2.24, 2.45) is 0 Å². The molecule has 0 saturated heterocycles. The summed E-state index contributed by atoms with van der Waals surface area (Å²) in [6.45, 7) is 6.21. The molecule has 0 aliphatic carbocycles. The number of hydrogen-bond donors (Lipinski definition) is 0. The Bertz CT molecular complexity index is 3020. The van der Waals surface area contributed by atoms with Gasteiger partial charge >= 0.3 is 0 Å². The molecule has 8 aromatic carbocycles. The van der Waals surface area contributed by atoms with Gasteiger partial charge in [0.1, 0.15) is 0 Å². The van der Waals surface area contributed by atoms with Crippen molar-refractivity contribution in [1.82, 2.24) is 18.3 Å². The van der Waals surface area contributed by atoms with E-state index in [2.05, 4.69) is 190 Å². The average Bonchev–Trinajstić information content (AvgIpc) is 3.74. The summed E-state index contributed by atoms with van der Waals surface area (Å²) in [4.78, 5) is 0. The minimum atomic E-state index is 0.814. The second-order valence-electron chi connectivity index (χ2n) is 13.8. The SMILES string of the molecule is CCn1c2cccc3c2cc(c2c3c3ccccc3n2-c2ccccc2)n(CC)c2cccc3c2cc1c1c3c2ccccc2n1-c1ccccc1. The number of rotatable bonds is 4. The molecular formula is C48H36N4. The molecular weight excluding hydrogens is 633 g/mol. The number of benzene rings is 8. The van der Waals surface area contributed by atoms with E-state index < -0.39 is 0 Å². The Morgan fingerprint density at radius 3 is 1.12 bits per heavy atom. The lowest BCUT2D eigenvalue weighted by atomic mass is 9.99. The normalized spacial score (nSPS) is 12.2. The number of aromatic nitrogens is 4. The molecule has 0 unspecified atom stereocenters. The molecule has 4 nitrogen and oxygen atoms in total. The third-order valence-electron chi connectivity index (χ3n) is 11.3. The lowest BCUT2D eigenvalue weighted by Gasteiger charge is -2.20. The molecule has 52 heavy (non-hydrogen) atoms. The van der Waals surface area contributed by atoms with Crippen LogP contribution in [-0.4, -0.2) is 18.3 Å². The zero-order valence-corrected chi connectivity index (χ0v) is 29.2. The molecule has 11 rings (SSSR count). The Morgan fingerprint density at radius 1 is 0.327 bits per heavy atom. The number of nitrogens with zero attached hydrogens (tertiary/aromatic N) is 4. The van der Waals surface area contributed by atoms with Gasteiger partial charge in [0.2, 0.25) is 0 Å². The first-order valence-corrected chi connectivity index (χ1v) is 18.4. The highest BCUT2D eigenvalue weighted by Crippen LogP contribution is 2.44. The third-order valence-corrected chi connectivity index (χ3v) is 11.3. The summed E-state index contributed by atoms with van der Waals surface area (Å²) in [6, 6.07) is 58.4. The summed E-state index contributed by atoms with van der Waals surface area (Å²) >= 11 is 0. The van der Waals surface area contributed by atoms with Gasteiger partial charge in [-0.2, -0.15) is 0 Å². The van der Waals surface area contributed by atoms with Gasteiger partial charge in [0.25, 0.3) is 0 Å². The van der Waals surface area contributed by atoms with E-state index >= 15 is 0 Å². The summed E-state index contributed by atoms with van der Waals surface area (Å²) < 4.78 is 10.1. The van der Waals surface area contributed by atoms with Gasteiger partial charge in [0.05, 0.1) is 33.1 Å². The van der Waals surface area contributed by atoms with E-state index in [4.69, 9.17) is 0 Å². The smallest absolute Gasteiger partial charge is 0.0785 e. The summed E-state index contributed by atoms with van der Waals surface area (Å²) in [5.41, 5.74) is 12.1. The summed E-state index contributed by atoms with van der Waals surface area (Å²) in [5.74, 6) is 0. The lowest BCUT2D eigenvalue weighted by Crippen LogP contribution is -2.05. The highest BCUT2D eigenvalue weighted by molar-refractivity contribution is 6.30. The predicted molar refractivity (Wildman–Crippen MR) is 221 cm³/mol. The first-order chi connectivity index (χ1) is 25.8. The number of aryl methyl sites for hydroxylation is 2. The van der Waals surface area contributed by atoms with Crippen LogP contribution < -0.4 is 0 Å². The maximum Gasteiger partial charge on any atom is 0.0785 e. The molecule has 0 N–H and O–H groups in total. The van der Waals surface area contributed by atoms with E-state index in [1.165, 1.54) is 98.6 Å². The second-order valence-corrected chi connectivity index (χ2v) is 13.8. The van der Waals surface area contributed by atoms with Gasteiger partial charge < -0.3 is 18.3 Å². The third kappa shape index (κ3) is 3.81. The molecule has 3 aromatic heterocycles. The summed E-state index contributed by atoms with van der Waals surface area (Å²) in [6.07, 6.45) is 0. The van der Waals surface area contributed by atoms with Crippen LogP contribution in [0.25, 0.3) is 98.6 Å². The molecule has 0 atom stereocenters. The van der Waals surface area contributed by atoms with Gasteiger partial charge in [-0.1, -0.05) is 97.1 Å². The fraction of sp³-hybridized carbons (Fsp3) is 0.0833. The first kappa shape index (κ1) is 29.2. The van der Waals surface area contributed by atoms with E-state index in [9.17, 15) is 0 Å². The van der Waals surface area contributed by atoms with E-state index in [0.29, 0.717) is 0 Å². The van der Waals surface area contributed by atoms with Crippen LogP contribution in [0.1, 0.15) is 13.8 Å². The van der Waals surface area contributed by atoms with Gasteiger partial charge in [-0.25, -0.2) is 0 Å². The van der Waals surface area contributed by atoms with Crippen LogP contribution in [0, 0.1) is 0 Å². The molecule has 4 bridgehead atoms. The van der Waals surface area contributed by atoms with Gasteiger partial charge in [0, 0.05) is 67.8 Å². The van der Waals surface area contributed by atoms with Crippen LogP contribution >= 0.6 is 0 Å². The molecule has 11 aromatic rings. The van der Waals surface area contributed by atoms with Gasteiger partial charge in [-0.15, -0.1) is 0 Å². The Balaban J connectivity index is 1.51. The standard InChI is InChI=1S/C48H36N4/c1-3-49-39-27-15-23-33-37(39)30-44(48-46(33)36-22-12-14-26-42(36)52(48)32-19-9-6-10-20-32)50(4-2)40-28-16-24-34-38(40)29-43(49)47-45(34)35-21-11-13-25-41(35)51(47)31-17-7-5-8-18-31/h5-30H,3-4H2,1-2H3. The van der Waals surface area contributed by atoms with Crippen molar-refractivity contribution in [2.45, 2.75) is 26.9 Å². The molecule has 0 amide bonds. The van der Waals surface area contributed by atoms with Crippen molar-refractivity contribution >= 4 is 87.2 Å². The minimum Gasteiger partial charge on any atom is -0.340 e. The zero-order valence-electron chi connectivity index (χ0n) is 29.2. The Hall–Kier alpha value is -6.52. The monoisotopic (exact) mass is 668 g/mol. The average molecular weight is 669 g/mol. The largest absolute Gasteiger partial charge is 0.340 e. The molecule has 0 fully saturated rings. The van der Waals surface area contributed by atoms with Crippen molar-refractivity contribution in [1.29, 1.82) is 0 Å². The molecule has 4 heteroatoms. The fourth-order valence-electron chi connectivity index (χ4n) is 9.28. The molecule has 0 aliphatic heterocycles. The number of para-hydroxylation sites is 4. The Labute approximate surface area is 300 Å². The predicted octanol–water partition coefficient (Wildman–Crippen LogP) is 12.7. The van der Waals surface area contributed by atoms with Crippen molar-refractivity contribution in [3.63, 3.8) is 0 Å². The number of hydrogen-bond acceptors (Lipinski definition) is 0. The van der Waals surface area contributed by atoms with E-state index in [-0.39, 0.29) is 0 Å². The maximum absolute atomic E-state index is 2.56. The van der Waals surface area contributed by atoms with Gasteiger partial charge in [-0.05, 0) is 85.3 Å². The van der Waals surface area contributed by atoms with E-state index in [1.54, 1.807) is 0 Å². The van der Waals surface area contributed by atoms with Crippen LogP contribution in [-0.2, 0) is 13.1 Å². The second kappa shape index (κ2) is 11.0. The first-order valence-electron chi connectivity index (χ1n) is 18.4. The molecule has 0 aliphatic rings. The van der Waals surface area contributed by atoms with Crippen LogP contribution in [0.15, 0.2) is 158 Å². The molecule has 248 valence electrons. The van der Waals surface area contributed by atoms with Gasteiger partial charge in [-0.3, -0.25) is 0 Å². The number of fused-ring (bicyclic) bond motifs is 12. The van der Waals surface area contributed by atoms with Crippen LogP contribution in [0.2, 0.25) is 0 Å². The molecule has 0 radical (unpaired) electrons. The van der Waals surface area contributed by atoms with Crippen LogP contribution in [0.4, 0.5) is 0 Å². The quantitative estimate of drug-likeness (QED) is 0.178. The summed E-state index contributed by atoms with van der Waals surface area (Å²) in [5, 5.41) is 10.2. The zero-order chi connectivity index (χ0) is 34.5. The molecule has 0 spiro atoms. The van der Waals surface area contributed by atoms with E-state index in [0.717, 1.165) is 13.1 Å². The van der Waals surface area contributed by atoms with Crippen LogP contribution in [0.3, 0.4) is 0 Å². The van der Waals surface area contributed by atoms with Crippen LogP contribution in [0.5, 0.6) is 0 Å². The molecule has 0 saturated carbocycles.